The third-order valence-corrected chi connectivity index (χ3v) is 6.16. The molecular formula is C20H29N5O2. The number of aryl methyl sites for hydroxylation is 2. The van der Waals surface area contributed by atoms with Crippen molar-refractivity contribution in [3.63, 3.8) is 0 Å². The molecule has 2 heterocycles. The highest BCUT2D eigenvalue weighted by Gasteiger charge is 2.37. The lowest BCUT2D eigenvalue weighted by atomic mass is 9.93. The first-order valence-electron chi connectivity index (χ1n) is 10.1. The molecule has 3 atom stereocenters. The van der Waals surface area contributed by atoms with Gasteiger partial charge in [-0.3, -0.25) is 9.48 Å². The molecule has 1 aromatic rings. The maximum Gasteiger partial charge on any atom is 0.317 e. The zero-order valence-corrected chi connectivity index (χ0v) is 16.2. The lowest BCUT2D eigenvalue weighted by Crippen LogP contribution is -2.43. The number of urea groups is 1. The quantitative estimate of drug-likeness (QED) is 0.744. The fourth-order valence-electron chi connectivity index (χ4n) is 4.75. The van der Waals surface area contributed by atoms with Gasteiger partial charge in [0.15, 0.2) is 0 Å². The average molecular weight is 371 g/mol. The molecule has 146 valence electrons. The molecule has 2 fully saturated rings. The van der Waals surface area contributed by atoms with E-state index < -0.39 is 0 Å². The smallest absolute Gasteiger partial charge is 0.317 e. The number of hydrogen-bond donors (Lipinski definition) is 1. The van der Waals surface area contributed by atoms with Gasteiger partial charge in [-0.05, 0) is 50.5 Å². The van der Waals surface area contributed by atoms with E-state index in [1.165, 1.54) is 12.8 Å². The van der Waals surface area contributed by atoms with E-state index in [1.54, 1.807) is 9.58 Å². The first kappa shape index (κ1) is 18.1. The van der Waals surface area contributed by atoms with E-state index in [-0.39, 0.29) is 11.9 Å². The minimum atomic E-state index is -0.0281. The summed E-state index contributed by atoms with van der Waals surface area (Å²) >= 11 is 0. The Balaban J connectivity index is 1.50. The largest absolute Gasteiger partial charge is 0.336 e. The van der Waals surface area contributed by atoms with Crippen LogP contribution >= 0.6 is 0 Å². The van der Waals surface area contributed by atoms with Crippen molar-refractivity contribution < 1.29 is 9.59 Å². The van der Waals surface area contributed by atoms with E-state index in [9.17, 15) is 9.59 Å². The first-order valence-corrected chi connectivity index (χ1v) is 10.1. The highest BCUT2D eigenvalue weighted by atomic mass is 16.2. The van der Waals surface area contributed by atoms with Crippen LogP contribution in [-0.2, 0) is 6.54 Å². The van der Waals surface area contributed by atoms with Crippen LogP contribution in [0, 0.1) is 24.7 Å². The number of nitrogens with zero attached hydrogens (tertiary/aromatic N) is 4. The minimum absolute atomic E-state index is 0.0281. The normalized spacial score (nSPS) is 26.1. The molecule has 2 bridgehead atoms. The second-order valence-corrected chi connectivity index (χ2v) is 8.00. The van der Waals surface area contributed by atoms with Gasteiger partial charge in [-0.1, -0.05) is 12.2 Å². The van der Waals surface area contributed by atoms with Crippen molar-refractivity contribution in [1.29, 1.82) is 0 Å². The Morgan fingerprint density at radius 1 is 1.37 bits per heavy atom. The third kappa shape index (κ3) is 3.59. The molecule has 1 saturated heterocycles. The lowest BCUT2D eigenvalue weighted by Gasteiger charge is -2.30. The first-order chi connectivity index (χ1) is 13.0. The Kier molecular flexibility index (Phi) is 4.93. The van der Waals surface area contributed by atoms with E-state index in [0.29, 0.717) is 56.2 Å². The fourth-order valence-corrected chi connectivity index (χ4v) is 4.75. The van der Waals surface area contributed by atoms with Crippen LogP contribution in [0.15, 0.2) is 18.2 Å². The summed E-state index contributed by atoms with van der Waals surface area (Å²) in [5.41, 5.74) is 1.52. The number of nitrogens with one attached hydrogen (secondary N) is 1. The molecule has 1 aliphatic heterocycles. The number of aromatic nitrogens is 2. The number of amides is 3. The Morgan fingerprint density at radius 3 is 2.85 bits per heavy atom. The molecule has 2 aliphatic carbocycles. The van der Waals surface area contributed by atoms with Crippen LogP contribution in [-0.4, -0.2) is 64.2 Å². The van der Waals surface area contributed by atoms with Crippen molar-refractivity contribution >= 4 is 11.9 Å². The summed E-state index contributed by atoms with van der Waals surface area (Å²) in [6, 6.07) is 1.85. The van der Waals surface area contributed by atoms with Gasteiger partial charge in [0, 0.05) is 39.3 Å². The van der Waals surface area contributed by atoms with Crippen molar-refractivity contribution in [3.8, 4) is 0 Å². The summed E-state index contributed by atoms with van der Waals surface area (Å²) in [6.45, 7) is 7.90. The second-order valence-electron chi connectivity index (χ2n) is 8.00. The van der Waals surface area contributed by atoms with Crippen molar-refractivity contribution in [2.45, 2.75) is 33.2 Å². The van der Waals surface area contributed by atoms with Crippen LogP contribution in [0.2, 0.25) is 0 Å². The summed E-state index contributed by atoms with van der Waals surface area (Å²) in [7, 11) is 0. The zero-order valence-electron chi connectivity index (χ0n) is 16.2. The predicted molar refractivity (Wildman–Crippen MR) is 102 cm³/mol. The lowest BCUT2D eigenvalue weighted by molar-refractivity contribution is 0.0693. The van der Waals surface area contributed by atoms with Crippen LogP contribution in [0.5, 0.6) is 0 Å². The zero-order chi connectivity index (χ0) is 19.0. The molecular weight excluding hydrogens is 342 g/mol. The molecule has 0 spiro atoms. The number of hydrogen-bond acceptors (Lipinski definition) is 3. The Labute approximate surface area is 160 Å². The van der Waals surface area contributed by atoms with Gasteiger partial charge in [0.1, 0.15) is 5.69 Å². The van der Waals surface area contributed by atoms with Crippen LogP contribution in [0.25, 0.3) is 0 Å². The number of carbonyl (C=O) groups excluding carboxylic acids is 2. The second kappa shape index (κ2) is 7.37. The van der Waals surface area contributed by atoms with E-state index in [2.05, 4.69) is 22.6 Å². The molecule has 0 unspecified atom stereocenters. The minimum Gasteiger partial charge on any atom is -0.336 e. The van der Waals surface area contributed by atoms with Crippen molar-refractivity contribution in [2.24, 2.45) is 17.8 Å². The van der Waals surface area contributed by atoms with E-state index in [0.717, 1.165) is 12.2 Å². The third-order valence-electron chi connectivity index (χ3n) is 6.16. The van der Waals surface area contributed by atoms with Gasteiger partial charge in [-0.15, -0.1) is 0 Å². The van der Waals surface area contributed by atoms with Crippen molar-refractivity contribution in [3.05, 3.63) is 29.6 Å². The monoisotopic (exact) mass is 371 g/mol. The maximum absolute atomic E-state index is 13.3. The molecule has 1 saturated carbocycles. The van der Waals surface area contributed by atoms with Crippen LogP contribution in [0.3, 0.4) is 0 Å². The highest BCUT2D eigenvalue weighted by Crippen LogP contribution is 2.43. The Hall–Kier alpha value is -2.31. The average Bonchev–Trinajstić information content (AvgIpc) is 3.42. The predicted octanol–water partition coefficient (Wildman–Crippen LogP) is 1.89. The molecule has 0 radical (unpaired) electrons. The van der Waals surface area contributed by atoms with Crippen molar-refractivity contribution in [1.82, 2.24) is 24.9 Å². The van der Waals surface area contributed by atoms with E-state index in [1.807, 2.05) is 24.8 Å². The highest BCUT2D eigenvalue weighted by molar-refractivity contribution is 5.92. The summed E-state index contributed by atoms with van der Waals surface area (Å²) in [5, 5.41) is 7.27. The van der Waals surface area contributed by atoms with Gasteiger partial charge >= 0.3 is 6.03 Å². The number of fused-ring (bicyclic) bond motifs is 2. The summed E-state index contributed by atoms with van der Waals surface area (Å²) < 4.78 is 1.79. The van der Waals surface area contributed by atoms with Gasteiger partial charge in [0.25, 0.3) is 5.91 Å². The molecule has 3 aliphatic rings. The van der Waals surface area contributed by atoms with Crippen LogP contribution < -0.4 is 5.32 Å². The van der Waals surface area contributed by atoms with Crippen molar-refractivity contribution in [2.75, 3.05) is 32.7 Å². The molecule has 4 rings (SSSR count). The number of allylic oxidation sites excluding steroid dienone is 2. The molecule has 7 nitrogen and oxygen atoms in total. The van der Waals surface area contributed by atoms with Crippen LogP contribution in [0.4, 0.5) is 4.79 Å². The standard InChI is InChI=1S/C20H29N5O2/c1-3-25-18(10-14(2)22-25)19(26)24(9-8-23-7-6-21-20(23)27)13-17-12-15-4-5-16(17)11-15/h4-5,10,15-17H,3,6-9,11-13H2,1-2H3,(H,21,27)/t15-,16-,17+/m0/s1. The van der Waals surface area contributed by atoms with Crippen LogP contribution in [0.1, 0.15) is 35.9 Å². The number of rotatable bonds is 7. The molecule has 1 N–H and O–H groups in total. The maximum atomic E-state index is 13.3. The molecule has 3 amide bonds. The summed E-state index contributed by atoms with van der Waals surface area (Å²) in [5.74, 6) is 1.84. The van der Waals surface area contributed by atoms with Gasteiger partial charge < -0.3 is 15.1 Å². The fraction of sp³-hybridized carbons (Fsp3) is 0.650. The van der Waals surface area contributed by atoms with Gasteiger partial charge in [-0.25, -0.2) is 4.79 Å². The van der Waals surface area contributed by atoms with Gasteiger partial charge in [-0.2, -0.15) is 5.10 Å². The molecule has 0 aromatic carbocycles. The summed E-state index contributed by atoms with van der Waals surface area (Å²) in [4.78, 5) is 29.0. The van der Waals surface area contributed by atoms with Gasteiger partial charge in [0.2, 0.25) is 0 Å². The number of carbonyl (C=O) groups is 2. The van der Waals surface area contributed by atoms with E-state index in [4.69, 9.17) is 0 Å². The molecule has 27 heavy (non-hydrogen) atoms. The Morgan fingerprint density at radius 2 is 2.22 bits per heavy atom. The summed E-state index contributed by atoms with van der Waals surface area (Å²) in [6.07, 6.45) is 7.06. The van der Waals surface area contributed by atoms with E-state index >= 15 is 0 Å². The SMILES string of the molecule is CCn1nc(C)cc1C(=O)N(CCN1CCNC1=O)C[C@H]1C[C@H]2C=C[C@H]1C2. The molecule has 1 aromatic heterocycles. The molecule has 7 heteroatoms. The topological polar surface area (TPSA) is 70.5 Å². The Bertz CT molecular complexity index is 756. The van der Waals surface area contributed by atoms with Gasteiger partial charge in [0.05, 0.1) is 5.69 Å².